The van der Waals surface area contributed by atoms with E-state index in [1.165, 1.54) is 11.2 Å². The molecule has 48 heavy (non-hydrogen) atoms. The number of ether oxygens (including phenoxy) is 2. The second-order valence-corrected chi connectivity index (χ2v) is 12.6. The van der Waals surface area contributed by atoms with Crippen LogP contribution in [0.1, 0.15) is 53.9 Å². The first-order valence-corrected chi connectivity index (χ1v) is 15.7. The van der Waals surface area contributed by atoms with E-state index in [2.05, 4.69) is 25.4 Å². The number of halogens is 3. The van der Waals surface area contributed by atoms with Crippen LogP contribution < -0.4 is 15.8 Å². The molecule has 0 radical (unpaired) electrons. The lowest BCUT2D eigenvalue weighted by Crippen LogP contribution is -2.61. The molecule has 256 valence electrons. The van der Waals surface area contributed by atoms with Gasteiger partial charge in [0.1, 0.15) is 24.3 Å². The van der Waals surface area contributed by atoms with Crippen LogP contribution in [0.3, 0.4) is 0 Å². The van der Waals surface area contributed by atoms with Crippen molar-refractivity contribution < 1.29 is 37.3 Å². The monoisotopic (exact) mass is 673 g/mol. The van der Waals surface area contributed by atoms with E-state index in [1.807, 2.05) is 17.9 Å². The molecule has 0 atom stereocenters. The third-order valence-electron chi connectivity index (χ3n) is 9.64. The van der Waals surface area contributed by atoms with Crippen LogP contribution >= 0.6 is 0 Å². The van der Waals surface area contributed by atoms with Gasteiger partial charge in [0.15, 0.2) is 17.3 Å². The Balaban J connectivity index is 1.20. The van der Waals surface area contributed by atoms with Crippen LogP contribution in [0.2, 0.25) is 0 Å². The summed E-state index contributed by atoms with van der Waals surface area (Å²) >= 11 is 0. The average Bonchev–Trinajstić information content (AvgIpc) is 3.77. The van der Waals surface area contributed by atoms with E-state index in [-0.39, 0.29) is 74.2 Å². The number of hydrogen-bond acceptors (Lipinski definition) is 11. The maximum atomic E-state index is 14.1. The molecule has 3 aromatic rings. The molecule has 8 rings (SSSR count). The molecule has 7 heterocycles. The normalized spacial score (nSPS) is 24.1. The van der Waals surface area contributed by atoms with Crippen molar-refractivity contribution in [2.24, 2.45) is 5.41 Å². The topological polar surface area (TPSA) is 169 Å². The number of aromatic nitrogens is 6. The molecule has 0 spiro atoms. The van der Waals surface area contributed by atoms with Gasteiger partial charge < -0.3 is 34.3 Å². The van der Waals surface area contributed by atoms with Gasteiger partial charge in [0, 0.05) is 39.0 Å². The molecule has 3 aromatic heterocycles. The average molecular weight is 674 g/mol. The Kier molecular flexibility index (Phi) is 7.69. The number of fused-ring (bicyclic) bond motifs is 2. The van der Waals surface area contributed by atoms with Gasteiger partial charge in [0.25, 0.3) is 11.5 Å². The minimum absolute atomic E-state index is 0.109. The number of carbonyl (C=O) groups excluding carboxylic acids is 2. The van der Waals surface area contributed by atoms with E-state index in [4.69, 9.17) is 9.47 Å². The summed E-state index contributed by atoms with van der Waals surface area (Å²) in [4.78, 5) is 56.7. The standard InChI is InChI=1S/C30H34F3N9O6/c1-3-19-22(39-6-8-40(9-7-39)25(45)21-23(44)17(2)34-16-35-21)26(46)42-27(36-24(38-42)18-4-10-47-11-5-18)41(19)12-20(43)37-29-13-28(14-29,15-48-29)30(31,32)33/h4,16,44H,3,5-15H2,1-2H3,(H,37,43). The second kappa shape index (κ2) is 11.5. The SMILES string of the molecule is CCc1c(N2CCN(C(=O)c3ncnc(C)c3O)CC2)c(=O)n2nc(C3=CCOCC3)nc2n1CC(=O)NC12CC(C(F)(F)F)(CO1)C2. The van der Waals surface area contributed by atoms with Crippen LogP contribution in [-0.4, -0.2) is 109 Å². The third-order valence-corrected chi connectivity index (χ3v) is 9.64. The molecule has 4 fully saturated rings. The zero-order chi connectivity index (χ0) is 34.0. The number of alkyl halides is 3. The number of amides is 2. The van der Waals surface area contributed by atoms with Crippen LogP contribution in [0.5, 0.6) is 5.75 Å². The van der Waals surface area contributed by atoms with Crippen LogP contribution in [0, 0.1) is 12.3 Å². The molecule has 1 aliphatic carbocycles. The molecule has 1 saturated carbocycles. The van der Waals surface area contributed by atoms with Crippen molar-refractivity contribution in [3.05, 3.63) is 45.7 Å². The van der Waals surface area contributed by atoms with E-state index < -0.39 is 41.3 Å². The number of hydrogen-bond donors (Lipinski definition) is 2. The summed E-state index contributed by atoms with van der Waals surface area (Å²) in [5.41, 5.74) is -2.11. The number of anilines is 1. The molecule has 2 bridgehead atoms. The van der Waals surface area contributed by atoms with Gasteiger partial charge in [-0.05, 0) is 25.3 Å². The van der Waals surface area contributed by atoms with Crippen molar-refractivity contribution in [2.45, 2.75) is 58.0 Å². The fourth-order valence-electron chi connectivity index (χ4n) is 7.07. The number of piperazine rings is 1. The molecule has 5 aliphatic rings. The minimum Gasteiger partial charge on any atom is -0.504 e. The Morgan fingerprint density at radius 1 is 1.15 bits per heavy atom. The summed E-state index contributed by atoms with van der Waals surface area (Å²) in [5, 5.41) is 17.5. The zero-order valence-electron chi connectivity index (χ0n) is 26.3. The summed E-state index contributed by atoms with van der Waals surface area (Å²) in [6.07, 6.45) is -1.29. The van der Waals surface area contributed by atoms with Gasteiger partial charge in [0.2, 0.25) is 11.7 Å². The number of carbonyl (C=O) groups is 2. The molecule has 0 aromatic carbocycles. The highest BCUT2D eigenvalue weighted by atomic mass is 19.4. The van der Waals surface area contributed by atoms with E-state index in [0.717, 1.165) is 10.1 Å². The Bertz CT molecular complexity index is 1890. The molecule has 4 aliphatic heterocycles. The molecule has 15 nitrogen and oxygen atoms in total. The summed E-state index contributed by atoms with van der Waals surface area (Å²) < 4.78 is 54.4. The van der Waals surface area contributed by atoms with Crippen molar-refractivity contribution in [1.82, 2.24) is 39.3 Å². The van der Waals surface area contributed by atoms with Crippen LogP contribution in [0.25, 0.3) is 11.4 Å². The number of aromatic hydroxyl groups is 1. The summed E-state index contributed by atoms with van der Waals surface area (Å²) in [7, 11) is 0. The first-order valence-electron chi connectivity index (χ1n) is 15.7. The van der Waals surface area contributed by atoms with Crippen LogP contribution in [0.15, 0.2) is 17.2 Å². The van der Waals surface area contributed by atoms with Gasteiger partial charge in [-0.2, -0.15) is 22.7 Å². The lowest BCUT2D eigenvalue weighted by atomic mass is 9.66. The van der Waals surface area contributed by atoms with Crippen molar-refractivity contribution in [1.29, 1.82) is 0 Å². The molecule has 3 saturated heterocycles. The highest BCUT2D eigenvalue weighted by Crippen LogP contribution is 2.63. The quantitative estimate of drug-likeness (QED) is 0.370. The minimum atomic E-state index is -4.44. The van der Waals surface area contributed by atoms with Gasteiger partial charge in [-0.25, -0.2) is 9.97 Å². The first kappa shape index (κ1) is 32.0. The summed E-state index contributed by atoms with van der Waals surface area (Å²) in [5.74, 6) is -0.929. The lowest BCUT2D eigenvalue weighted by Gasteiger charge is -2.45. The fraction of sp³-hybridized carbons (Fsp3) is 0.567. The molecular formula is C30H34F3N9O6. The lowest BCUT2D eigenvalue weighted by molar-refractivity contribution is -0.246. The molecular weight excluding hydrogens is 639 g/mol. The highest BCUT2D eigenvalue weighted by molar-refractivity contribution is 5.95. The maximum Gasteiger partial charge on any atom is 0.397 e. The Morgan fingerprint density at radius 2 is 1.90 bits per heavy atom. The fourth-order valence-corrected chi connectivity index (χ4v) is 7.07. The van der Waals surface area contributed by atoms with Crippen LogP contribution in [-0.2, 0) is 27.2 Å². The smallest absolute Gasteiger partial charge is 0.397 e. The number of rotatable bonds is 7. The molecule has 2 N–H and O–H groups in total. The molecule has 18 heteroatoms. The van der Waals surface area contributed by atoms with Gasteiger partial charge in [-0.1, -0.05) is 13.0 Å². The van der Waals surface area contributed by atoms with E-state index in [0.29, 0.717) is 37.6 Å². The Morgan fingerprint density at radius 3 is 2.54 bits per heavy atom. The van der Waals surface area contributed by atoms with E-state index in [1.54, 1.807) is 11.5 Å². The first-order chi connectivity index (χ1) is 22.9. The molecule has 2 amide bonds. The Hall–Kier alpha value is -4.58. The largest absolute Gasteiger partial charge is 0.504 e. The van der Waals surface area contributed by atoms with E-state index in [9.17, 15) is 32.7 Å². The second-order valence-electron chi connectivity index (χ2n) is 12.6. The van der Waals surface area contributed by atoms with Crippen molar-refractivity contribution in [2.75, 3.05) is 50.9 Å². The third kappa shape index (κ3) is 5.17. The number of nitrogens with zero attached hydrogens (tertiary/aromatic N) is 8. The van der Waals surface area contributed by atoms with E-state index >= 15 is 0 Å². The number of aryl methyl sites for hydroxylation is 1. The van der Waals surface area contributed by atoms with Crippen molar-refractivity contribution in [3.8, 4) is 5.75 Å². The predicted molar refractivity (Wildman–Crippen MR) is 161 cm³/mol. The predicted octanol–water partition coefficient (Wildman–Crippen LogP) is 1.21. The summed E-state index contributed by atoms with van der Waals surface area (Å²) in [6.45, 7) is 4.25. The van der Waals surface area contributed by atoms with Gasteiger partial charge in [-0.15, -0.1) is 5.10 Å². The van der Waals surface area contributed by atoms with Crippen LogP contribution in [0.4, 0.5) is 18.9 Å². The summed E-state index contributed by atoms with van der Waals surface area (Å²) in [6, 6.07) is 0. The van der Waals surface area contributed by atoms with Gasteiger partial charge >= 0.3 is 6.18 Å². The zero-order valence-corrected chi connectivity index (χ0v) is 26.3. The van der Waals surface area contributed by atoms with Crippen molar-refractivity contribution in [3.63, 3.8) is 0 Å². The van der Waals surface area contributed by atoms with Crippen molar-refractivity contribution >= 4 is 28.9 Å². The Labute approximate surface area is 271 Å². The highest BCUT2D eigenvalue weighted by Gasteiger charge is 2.74. The van der Waals surface area contributed by atoms with Gasteiger partial charge in [-0.3, -0.25) is 14.4 Å². The number of nitrogens with one attached hydrogen (secondary N) is 1. The maximum absolute atomic E-state index is 14.1. The van der Waals surface area contributed by atoms with Gasteiger partial charge in [0.05, 0.1) is 36.6 Å². The molecule has 0 unspecified atom stereocenters.